The van der Waals surface area contributed by atoms with Crippen LogP contribution in [0.25, 0.3) is 0 Å². The number of aromatic amines is 1. The fraction of sp³-hybridized carbons (Fsp3) is 0. The Bertz CT molecular complexity index is 242. The highest BCUT2D eigenvalue weighted by molar-refractivity contribution is 5.23. The van der Waals surface area contributed by atoms with Gasteiger partial charge in [-0.25, -0.2) is 0 Å². The molecule has 0 aliphatic carbocycles. The third-order valence-corrected chi connectivity index (χ3v) is 0.815. The van der Waals surface area contributed by atoms with Gasteiger partial charge in [0.1, 0.15) is 5.75 Å². The first-order valence-corrected chi connectivity index (χ1v) is 2.31. The topological polar surface area (TPSA) is 73.3 Å². The molecule has 0 aromatic carbocycles. The standard InChI is InChI=1S/C5H5NO3/c7-3-1-4(8)6-5(9)2-3/h1-2H,(H3,6,7,8,9). The van der Waals surface area contributed by atoms with Crippen LogP contribution in [0.1, 0.15) is 0 Å². The summed E-state index contributed by atoms with van der Waals surface area (Å²) in [5, 5.41) is 17.2. The van der Waals surface area contributed by atoms with Crippen LogP contribution in [-0.2, 0) is 0 Å². The Kier molecular flexibility index (Phi) is 1.14. The molecule has 1 aromatic rings. The van der Waals surface area contributed by atoms with Gasteiger partial charge in [-0.15, -0.1) is 0 Å². The van der Waals surface area contributed by atoms with E-state index in [9.17, 15) is 4.79 Å². The second kappa shape index (κ2) is 1.81. The van der Waals surface area contributed by atoms with Crippen molar-refractivity contribution < 1.29 is 10.2 Å². The Balaban J connectivity index is 3.33. The van der Waals surface area contributed by atoms with Crippen LogP contribution in [0.2, 0.25) is 0 Å². The van der Waals surface area contributed by atoms with Crippen molar-refractivity contribution in [3.05, 3.63) is 22.5 Å². The van der Waals surface area contributed by atoms with Gasteiger partial charge in [-0.1, -0.05) is 0 Å². The number of aromatic hydroxyl groups is 2. The fourth-order valence-corrected chi connectivity index (χ4v) is 0.514. The first-order chi connectivity index (χ1) is 4.18. The van der Waals surface area contributed by atoms with Crippen molar-refractivity contribution >= 4 is 0 Å². The smallest absolute Gasteiger partial charge is 0.254 e. The summed E-state index contributed by atoms with van der Waals surface area (Å²) in [5.74, 6) is -0.573. The molecule has 0 fully saturated rings. The molecule has 0 saturated carbocycles. The largest absolute Gasteiger partial charge is 0.508 e. The number of pyridine rings is 1. The maximum absolute atomic E-state index is 10.3. The second-order valence-electron chi connectivity index (χ2n) is 1.59. The quantitative estimate of drug-likeness (QED) is 0.451. The van der Waals surface area contributed by atoms with E-state index in [4.69, 9.17) is 10.2 Å². The zero-order chi connectivity index (χ0) is 6.85. The minimum atomic E-state index is -0.521. The summed E-state index contributed by atoms with van der Waals surface area (Å²) >= 11 is 0. The molecule has 0 spiro atoms. The van der Waals surface area contributed by atoms with Crippen LogP contribution in [0.3, 0.4) is 0 Å². The number of H-pyrrole nitrogens is 1. The van der Waals surface area contributed by atoms with E-state index in [2.05, 4.69) is 4.98 Å². The molecule has 4 heteroatoms. The summed E-state index contributed by atoms with van der Waals surface area (Å²) < 4.78 is 0. The normalized spacial score (nSPS) is 9.33. The minimum absolute atomic E-state index is 0.240. The Morgan fingerprint density at radius 1 is 1.33 bits per heavy atom. The molecule has 4 nitrogen and oxygen atoms in total. The number of rotatable bonds is 0. The van der Waals surface area contributed by atoms with Gasteiger partial charge >= 0.3 is 0 Å². The molecule has 0 atom stereocenters. The molecule has 0 unspecified atom stereocenters. The average molecular weight is 127 g/mol. The van der Waals surface area contributed by atoms with E-state index in [1.54, 1.807) is 0 Å². The second-order valence-corrected chi connectivity index (χ2v) is 1.59. The molecule has 0 saturated heterocycles. The molecule has 0 amide bonds. The van der Waals surface area contributed by atoms with Crippen LogP contribution >= 0.6 is 0 Å². The molecule has 1 aromatic heterocycles. The zero-order valence-electron chi connectivity index (χ0n) is 4.46. The number of hydrogen-bond donors (Lipinski definition) is 3. The summed E-state index contributed by atoms with van der Waals surface area (Å²) in [6.45, 7) is 0. The van der Waals surface area contributed by atoms with E-state index in [0.717, 1.165) is 12.1 Å². The Morgan fingerprint density at radius 3 is 2.44 bits per heavy atom. The maximum atomic E-state index is 10.3. The van der Waals surface area contributed by atoms with E-state index in [-0.39, 0.29) is 11.6 Å². The first kappa shape index (κ1) is 5.68. The van der Waals surface area contributed by atoms with Gasteiger partial charge in [-0.3, -0.25) is 9.78 Å². The summed E-state index contributed by atoms with van der Waals surface area (Å²) in [4.78, 5) is 12.4. The van der Waals surface area contributed by atoms with Gasteiger partial charge in [-0.05, 0) is 0 Å². The molecule has 0 aliphatic heterocycles. The summed E-state index contributed by atoms with van der Waals surface area (Å²) in [6.07, 6.45) is 0. The van der Waals surface area contributed by atoms with Crippen LogP contribution in [0.5, 0.6) is 11.6 Å². The highest BCUT2D eigenvalue weighted by Crippen LogP contribution is 2.08. The van der Waals surface area contributed by atoms with Crippen LogP contribution in [0, 0.1) is 0 Å². The van der Waals surface area contributed by atoms with Gasteiger partial charge in [0.2, 0.25) is 0 Å². The monoisotopic (exact) mass is 127 g/mol. The Labute approximate surface area is 50.4 Å². The van der Waals surface area contributed by atoms with Gasteiger partial charge in [0.15, 0.2) is 5.88 Å². The summed E-state index contributed by atoms with van der Waals surface area (Å²) in [7, 11) is 0. The number of aromatic nitrogens is 1. The van der Waals surface area contributed by atoms with Crippen molar-refractivity contribution in [2.45, 2.75) is 0 Å². The van der Waals surface area contributed by atoms with E-state index >= 15 is 0 Å². The van der Waals surface area contributed by atoms with Gasteiger partial charge in [0.05, 0.1) is 0 Å². The average Bonchev–Trinajstić information content (AvgIpc) is 1.59. The van der Waals surface area contributed by atoms with Crippen molar-refractivity contribution in [2.75, 3.05) is 0 Å². The Morgan fingerprint density at radius 2 is 2.00 bits per heavy atom. The Hall–Kier alpha value is -1.45. The van der Waals surface area contributed by atoms with E-state index < -0.39 is 5.56 Å². The van der Waals surface area contributed by atoms with Gasteiger partial charge in [0, 0.05) is 12.1 Å². The predicted molar refractivity (Wildman–Crippen MR) is 30.4 cm³/mol. The lowest BCUT2D eigenvalue weighted by atomic mass is 10.4. The fourth-order valence-electron chi connectivity index (χ4n) is 0.514. The molecule has 9 heavy (non-hydrogen) atoms. The third kappa shape index (κ3) is 1.22. The van der Waals surface area contributed by atoms with Gasteiger partial charge in [0.25, 0.3) is 5.56 Å². The molecule has 0 radical (unpaired) electrons. The first-order valence-electron chi connectivity index (χ1n) is 2.31. The van der Waals surface area contributed by atoms with Gasteiger partial charge in [-0.2, -0.15) is 0 Å². The van der Waals surface area contributed by atoms with E-state index in [0.29, 0.717) is 0 Å². The van der Waals surface area contributed by atoms with Crippen molar-refractivity contribution in [1.82, 2.24) is 4.98 Å². The molecule has 1 rings (SSSR count). The minimum Gasteiger partial charge on any atom is -0.508 e. The van der Waals surface area contributed by atoms with Crippen molar-refractivity contribution in [3.63, 3.8) is 0 Å². The van der Waals surface area contributed by atoms with Crippen molar-refractivity contribution in [2.24, 2.45) is 0 Å². The van der Waals surface area contributed by atoms with E-state index in [1.807, 2.05) is 0 Å². The lowest BCUT2D eigenvalue weighted by Gasteiger charge is -1.89. The molecular formula is C5H5NO3. The van der Waals surface area contributed by atoms with E-state index in [1.165, 1.54) is 0 Å². The maximum Gasteiger partial charge on any atom is 0.254 e. The van der Waals surface area contributed by atoms with Crippen LogP contribution in [-0.4, -0.2) is 15.2 Å². The highest BCUT2D eigenvalue weighted by atomic mass is 16.3. The SMILES string of the molecule is O=c1cc(O)cc(O)[nH]1. The lowest BCUT2D eigenvalue weighted by Crippen LogP contribution is -2.00. The summed E-state index contributed by atoms with van der Waals surface area (Å²) in [6, 6.07) is 2.01. The van der Waals surface area contributed by atoms with Crippen LogP contribution < -0.4 is 5.56 Å². The molecule has 1 heterocycles. The predicted octanol–water partition coefficient (Wildman–Crippen LogP) is -0.214. The van der Waals surface area contributed by atoms with Gasteiger partial charge < -0.3 is 10.2 Å². The zero-order valence-corrected chi connectivity index (χ0v) is 4.46. The molecule has 0 aliphatic rings. The number of nitrogens with one attached hydrogen (secondary N) is 1. The lowest BCUT2D eigenvalue weighted by molar-refractivity contribution is 0.433. The third-order valence-electron chi connectivity index (χ3n) is 0.815. The van der Waals surface area contributed by atoms with Crippen molar-refractivity contribution in [3.8, 4) is 11.6 Å². The molecule has 48 valence electrons. The molecular weight excluding hydrogens is 122 g/mol. The van der Waals surface area contributed by atoms with Crippen LogP contribution in [0.15, 0.2) is 16.9 Å². The highest BCUT2D eigenvalue weighted by Gasteiger charge is 1.91. The molecule has 0 bridgehead atoms. The molecule has 3 N–H and O–H groups in total. The number of hydrogen-bond acceptors (Lipinski definition) is 3. The van der Waals surface area contributed by atoms with Crippen LogP contribution in [0.4, 0.5) is 0 Å². The summed E-state index contributed by atoms with van der Waals surface area (Å²) in [5.41, 5.74) is -0.521. The van der Waals surface area contributed by atoms with Crippen molar-refractivity contribution in [1.29, 1.82) is 0 Å².